The summed E-state index contributed by atoms with van der Waals surface area (Å²) in [5.74, 6) is 6.39. The number of benzene rings is 1. The summed E-state index contributed by atoms with van der Waals surface area (Å²) in [6.45, 7) is 1.89. The minimum Gasteiger partial charge on any atom is -0.340 e. The SMILES string of the molecule is Cc1cc(Nc2ccccc2)nc(NN)n1. The second-order valence-corrected chi connectivity index (χ2v) is 3.35. The normalized spacial score (nSPS) is 9.88. The fourth-order valence-electron chi connectivity index (χ4n) is 1.37. The van der Waals surface area contributed by atoms with Crippen LogP contribution < -0.4 is 16.6 Å². The van der Waals surface area contributed by atoms with Gasteiger partial charge in [0.15, 0.2) is 0 Å². The second kappa shape index (κ2) is 4.59. The average Bonchev–Trinajstić information content (AvgIpc) is 2.29. The molecule has 5 nitrogen and oxygen atoms in total. The molecular weight excluding hydrogens is 202 g/mol. The summed E-state index contributed by atoms with van der Waals surface area (Å²) in [5, 5.41) is 3.17. The molecule has 0 atom stereocenters. The molecule has 82 valence electrons. The number of nitrogens with zero attached hydrogens (tertiary/aromatic N) is 2. The molecule has 2 aromatic rings. The number of hydrogen-bond acceptors (Lipinski definition) is 5. The van der Waals surface area contributed by atoms with Crippen molar-refractivity contribution in [1.82, 2.24) is 9.97 Å². The Labute approximate surface area is 93.7 Å². The maximum absolute atomic E-state index is 5.28. The van der Waals surface area contributed by atoms with E-state index in [1.54, 1.807) is 0 Å². The van der Waals surface area contributed by atoms with Crippen LogP contribution in [0.2, 0.25) is 0 Å². The van der Waals surface area contributed by atoms with Crippen LogP contribution in [0.4, 0.5) is 17.5 Å². The molecule has 0 aliphatic carbocycles. The zero-order chi connectivity index (χ0) is 11.4. The summed E-state index contributed by atoms with van der Waals surface area (Å²) < 4.78 is 0. The van der Waals surface area contributed by atoms with E-state index in [-0.39, 0.29) is 0 Å². The van der Waals surface area contributed by atoms with E-state index in [0.29, 0.717) is 11.8 Å². The van der Waals surface area contributed by atoms with Crippen LogP contribution in [0.1, 0.15) is 5.69 Å². The number of nitrogens with two attached hydrogens (primary N) is 1. The van der Waals surface area contributed by atoms with Crippen LogP contribution in [0.5, 0.6) is 0 Å². The largest absolute Gasteiger partial charge is 0.340 e. The van der Waals surface area contributed by atoms with Crippen molar-refractivity contribution in [2.45, 2.75) is 6.92 Å². The van der Waals surface area contributed by atoms with Crippen molar-refractivity contribution >= 4 is 17.5 Å². The van der Waals surface area contributed by atoms with E-state index in [2.05, 4.69) is 20.7 Å². The van der Waals surface area contributed by atoms with Gasteiger partial charge in [-0.05, 0) is 19.1 Å². The van der Waals surface area contributed by atoms with Crippen LogP contribution in [0.3, 0.4) is 0 Å². The lowest BCUT2D eigenvalue weighted by atomic mass is 10.3. The zero-order valence-corrected chi connectivity index (χ0v) is 8.94. The molecule has 16 heavy (non-hydrogen) atoms. The first-order chi connectivity index (χ1) is 7.78. The molecule has 1 aromatic heterocycles. The molecule has 0 aliphatic rings. The molecular formula is C11H13N5. The third-order valence-corrected chi connectivity index (χ3v) is 2.03. The highest BCUT2D eigenvalue weighted by Crippen LogP contribution is 2.15. The summed E-state index contributed by atoms with van der Waals surface area (Å²) in [5.41, 5.74) is 4.26. The van der Waals surface area contributed by atoms with Crippen molar-refractivity contribution in [2.24, 2.45) is 5.84 Å². The van der Waals surface area contributed by atoms with Gasteiger partial charge in [-0.3, -0.25) is 5.43 Å². The Morgan fingerprint density at radius 2 is 1.88 bits per heavy atom. The van der Waals surface area contributed by atoms with Crippen LogP contribution in [0, 0.1) is 6.92 Å². The molecule has 5 heteroatoms. The van der Waals surface area contributed by atoms with Crippen LogP contribution in [-0.2, 0) is 0 Å². The Morgan fingerprint density at radius 3 is 2.56 bits per heavy atom. The summed E-state index contributed by atoms with van der Waals surface area (Å²) in [6, 6.07) is 11.7. The molecule has 1 heterocycles. The van der Waals surface area contributed by atoms with E-state index < -0.39 is 0 Å². The molecule has 0 spiro atoms. The Kier molecular flexibility index (Phi) is 2.98. The summed E-state index contributed by atoms with van der Waals surface area (Å²) in [4.78, 5) is 8.30. The quantitative estimate of drug-likeness (QED) is 0.537. The molecule has 0 aliphatic heterocycles. The number of anilines is 3. The number of rotatable bonds is 3. The zero-order valence-electron chi connectivity index (χ0n) is 8.94. The van der Waals surface area contributed by atoms with Gasteiger partial charge in [-0.1, -0.05) is 18.2 Å². The molecule has 1 aromatic carbocycles. The highest BCUT2D eigenvalue weighted by Gasteiger charge is 2.00. The predicted molar refractivity (Wildman–Crippen MR) is 64.3 cm³/mol. The van der Waals surface area contributed by atoms with Gasteiger partial charge in [-0.15, -0.1) is 0 Å². The molecule has 4 N–H and O–H groups in total. The Balaban J connectivity index is 2.24. The first-order valence-electron chi connectivity index (χ1n) is 4.92. The fraction of sp³-hybridized carbons (Fsp3) is 0.0909. The molecule has 0 radical (unpaired) electrons. The van der Waals surface area contributed by atoms with Crippen molar-refractivity contribution in [3.8, 4) is 0 Å². The molecule has 0 fully saturated rings. The van der Waals surface area contributed by atoms with Crippen LogP contribution in [-0.4, -0.2) is 9.97 Å². The lowest BCUT2D eigenvalue weighted by Crippen LogP contribution is -2.11. The minimum atomic E-state index is 0.401. The smallest absolute Gasteiger partial charge is 0.239 e. The van der Waals surface area contributed by atoms with Gasteiger partial charge >= 0.3 is 0 Å². The second-order valence-electron chi connectivity index (χ2n) is 3.35. The summed E-state index contributed by atoms with van der Waals surface area (Å²) in [6.07, 6.45) is 0. The Hall–Kier alpha value is -2.14. The molecule has 0 saturated heterocycles. The highest BCUT2D eigenvalue weighted by atomic mass is 15.3. The van der Waals surface area contributed by atoms with Crippen molar-refractivity contribution < 1.29 is 0 Å². The maximum atomic E-state index is 5.28. The summed E-state index contributed by atoms with van der Waals surface area (Å²) in [7, 11) is 0. The van der Waals surface area contributed by atoms with Crippen molar-refractivity contribution in [2.75, 3.05) is 10.7 Å². The van der Waals surface area contributed by atoms with Crippen molar-refractivity contribution in [1.29, 1.82) is 0 Å². The van der Waals surface area contributed by atoms with Gasteiger partial charge < -0.3 is 5.32 Å². The van der Waals surface area contributed by atoms with Gasteiger partial charge in [0, 0.05) is 17.4 Å². The number of hydrazine groups is 1. The first kappa shape index (κ1) is 10.4. The van der Waals surface area contributed by atoms with E-state index in [0.717, 1.165) is 11.4 Å². The van der Waals surface area contributed by atoms with Crippen LogP contribution >= 0.6 is 0 Å². The van der Waals surface area contributed by atoms with Gasteiger partial charge in [0.05, 0.1) is 0 Å². The van der Waals surface area contributed by atoms with Gasteiger partial charge in [0.1, 0.15) is 5.82 Å². The van der Waals surface area contributed by atoms with E-state index in [1.165, 1.54) is 0 Å². The number of nitrogen functional groups attached to an aromatic ring is 1. The lowest BCUT2D eigenvalue weighted by molar-refractivity contribution is 1.07. The number of nitrogens with one attached hydrogen (secondary N) is 2. The minimum absolute atomic E-state index is 0.401. The van der Waals surface area contributed by atoms with E-state index >= 15 is 0 Å². The first-order valence-corrected chi connectivity index (χ1v) is 4.92. The monoisotopic (exact) mass is 215 g/mol. The standard InChI is InChI=1S/C11H13N5/c1-8-7-10(15-11(13-8)16-12)14-9-5-3-2-4-6-9/h2-7H,12H2,1H3,(H2,13,14,15,16). The molecule has 0 unspecified atom stereocenters. The fourth-order valence-corrected chi connectivity index (χ4v) is 1.37. The van der Waals surface area contributed by atoms with Gasteiger partial charge in [-0.2, -0.15) is 4.98 Å². The van der Waals surface area contributed by atoms with Gasteiger partial charge in [-0.25, -0.2) is 10.8 Å². The average molecular weight is 215 g/mol. The van der Waals surface area contributed by atoms with Crippen molar-refractivity contribution in [3.63, 3.8) is 0 Å². The third-order valence-electron chi connectivity index (χ3n) is 2.03. The lowest BCUT2D eigenvalue weighted by Gasteiger charge is -2.07. The Morgan fingerprint density at radius 1 is 1.12 bits per heavy atom. The molecule has 0 saturated carbocycles. The highest BCUT2D eigenvalue weighted by molar-refractivity contribution is 5.57. The number of para-hydroxylation sites is 1. The van der Waals surface area contributed by atoms with Gasteiger partial charge in [0.25, 0.3) is 0 Å². The van der Waals surface area contributed by atoms with E-state index in [4.69, 9.17) is 5.84 Å². The van der Waals surface area contributed by atoms with Crippen molar-refractivity contribution in [3.05, 3.63) is 42.1 Å². The topological polar surface area (TPSA) is 75.9 Å². The van der Waals surface area contributed by atoms with Crippen LogP contribution in [0.25, 0.3) is 0 Å². The molecule has 0 bridgehead atoms. The third kappa shape index (κ3) is 2.46. The maximum Gasteiger partial charge on any atom is 0.239 e. The number of aromatic nitrogens is 2. The van der Waals surface area contributed by atoms with Gasteiger partial charge in [0.2, 0.25) is 5.95 Å². The number of hydrogen-bond donors (Lipinski definition) is 3. The summed E-state index contributed by atoms with van der Waals surface area (Å²) >= 11 is 0. The predicted octanol–water partition coefficient (Wildman–Crippen LogP) is 1.81. The molecule has 2 rings (SSSR count). The van der Waals surface area contributed by atoms with E-state index in [1.807, 2.05) is 43.3 Å². The number of aryl methyl sites for hydroxylation is 1. The van der Waals surface area contributed by atoms with E-state index in [9.17, 15) is 0 Å². The molecule has 0 amide bonds. The Bertz CT molecular complexity index is 469. The van der Waals surface area contributed by atoms with Crippen LogP contribution in [0.15, 0.2) is 36.4 Å².